The Morgan fingerprint density at radius 1 is 1.32 bits per heavy atom. The second-order valence-corrected chi connectivity index (χ2v) is 6.05. The maximum atomic E-state index is 11.7. The van der Waals surface area contributed by atoms with E-state index in [0.29, 0.717) is 10.7 Å². The molecule has 3 nitrogen and oxygen atoms in total. The fraction of sp³-hybridized carbons (Fsp3) is 0.400. The molecular formula is C15H21ClN2O. The number of amides is 2. The summed E-state index contributed by atoms with van der Waals surface area (Å²) in [7, 11) is 0. The summed E-state index contributed by atoms with van der Waals surface area (Å²) >= 11 is 6.00. The van der Waals surface area contributed by atoms with E-state index in [1.807, 2.05) is 26.0 Å². The molecule has 0 heterocycles. The summed E-state index contributed by atoms with van der Waals surface area (Å²) in [5, 5.41) is 6.09. The Balaban J connectivity index is 2.63. The molecule has 0 fully saturated rings. The first-order valence-electron chi connectivity index (χ1n) is 6.21. The molecule has 0 atom stereocenters. The van der Waals surface area contributed by atoms with Crippen molar-refractivity contribution in [3.8, 4) is 0 Å². The topological polar surface area (TPSA) is 41.1 Å². The molecule has 0 aliphatic heterocycles. The first-order chi connectivity index (χ1) is 8.70. The second-order valence-electron chi connectivity index (χ2n) is 5.64. The van der Waals surface area contributed by atoms with Gasteiger partial charge in [0.1, 0.15) is 0 Å². The third kappa shape index (κ3) is 4.95. The van der Waals surface area contributed by atoms with E-state index in [2.05, 4.69) is 31.4 Å². The number of urea groups is 1. The summed E-state index contributed by atoms with van der Waals surface area (Å²) in [6.07, 6.45) is 1.73. The highest BCUT2D eigenvalue weighted by atomic mass is 35.5. The van der Waals surface area contributed by atoms with E-state index >= 15 is 0 Å². The zero-order valence-corrected chi connectivity index (χ0v) is 12.9. The van der Waals surface area contributed by atoms with E-state index in [4.69, 9.17) is 11.6 Å². The van der Waals surface area contributed by atoms with Crippen LogP contribution in [0.5, 0.6) is 0 Å². The lowest BCUT2D eigenvalue weighted by Gasteiger charge is -2.19. The third-order valence-corrected chi connectivity index (χ3v) is 3.44. The SMILES string of the molecule is C/C(=C\NC(=O)Nc1ccc(C)c(Cl)c1)C(C)(C)C. The fourth-order valence-corrected chi connectivity index (χ4v) is 1.41. The molecule has 0 unspecified atom stereocenters. The molecule has 1 aromatic rings. The molecule has 2 amide bonds. The molecule has 19 heavy (non-hydrogen) atoms. The summed E-state index contributed by atoms with van der Waals surface area (Å²) < 4.78 is 0. The van der Waals surface area contributed by atoms with Crippen molar-refractivity contribution in [2.45, 2.75) is 34.6 Å². The maximum absolute atomic E-state index is 11.7. The highest BCUT2D eigenvalue weighted by Crippen LogP contribution is 2.23. The van der Waals surface area contributed by atoms with Gasteiger partial charge in [0, 0.05) is 16.9 Å². The van der Waals surface area contributed by atoms with Crippen LogP contribution in [0, 0.1) is 12.3 Å². The second kappa shape index (κ2) is 6.11. The number of halogens is 1. The number of anilines is 1. The number of hydrogen-bond acceptors (Lipinski definition) is 1. The number of hydrogen-bond donors (Lipinski definition) is 2. The molecular weight excluding hydrogens is 260 g/mol. The normalized spacial score (nSPS) is 12.2. The van der Waals surface area contributed by atoms with Gasteiger partial charge >= 0.3 is 6.03 Å². The van der Waals surface area contributed by atoms with Crippen LogP contribution in [0.4, 0.5) is 10.5 Å². The lowest BCUT2D eigenvalue weighted by atomic mass is 9.88. The van der Waals surface area contributed by atoms with Crippen LogP contribution in [-0.2, 0) is 0 Å². The van der Waals surface area contributed by atoms with E-state index in [1.54, 1.807) is 12.3 Å². The standard InChI is InChI=1S/C15H21ClN2O/c1-10-6-7-12(8-13(10)16)18-14(19)17-9-11(2)15(3,4)5/h6-9H,1-5H3,(H2,17,18,19)/b11-9+. The van der Waals surface area contributed by atoms with Gasteiger partial charge in [0.25, 0.3) is 0 Å². The zero-order chi connectivity index (χ0) is 14.6. The number of nitrogens with one attached hydrogen (secondary N) is 2. The molecule has 0 aliphatic carbocycles. The van der Waals surface area contributed by atoms with E-state index in [0.717, 1.165) is 11.1 Å². The number of carbonyl (C=O) groups excluding carboxylic acids is 1. The molecule has 104 valence electrons. The Hall–Kier alpha value is -1.48. The number of allylic oxidation sites excluding steroid dienone is 1. The Kier molecular flexibility index (Phi) is 5.01. The van der Waals surface area contributed by atoms with Crippen molar-refractivity contribution in [3.63, 3.8) is 0 Å². The Bertz CT molecular complexity index is 501. The van der Waals surface area contributed by atoms with Crippen LogP contribution in [0.25, 0.3) is 0 Å². The maximum Gasteiger partial charge on any atom is 0.323 e. The van der Waals surface area contributed by atoms with Crippen LogP contribution >= 0.6 is 11.6 Å². The first kappa shape index (κ1) is 15.6. The number of aryl methyl sites for hydroxylation is 1. The predicted molar refractivity (Wildman–Crippen MR) is 81.6 cm³/mol. The summed E-state index contributed by atoms with van der Waals surface area (Å²) in [6.45, 7) is 10.2. The van der Waals surface area contributed by atoms with Gasteiger partial charge in [-0.3, -0.25) is 0 Å². The molecule has 0 spiro atoms. The molecule has 0 saturated heterocycles. The highest BCUT2D eigenvalue weighted by molar-refractivity contribution is 6.31. The van der Waals surface area contributed by atoms with Crippen molar-refractivity contribution >= 4 is 23.3 Å². The zero-order valence-electron chi connectivity index (χ0n) is 12.1. The van der Waals surface area contributed by atoms with E-state index in [9.17, 15) is 4.79 Å². The van der Waals surface area contributed by atoms with E-state index < -0.39 is 0 Å². The van der Waals surface area contributed by atoms with Gasteiger partial charge in [-0.2, -0.15) is 0 Å². The molecule has 0 bridgehead atoms. The minimum absolute atomic E-state index is 0.0421. The number of carbonyl (C=O) groups is 1. The van der Waals surface area contributed by atoms with Crippen LogP contribution in [0.3, 0.4) is 0 Å². The minimum Gasteiger partial charge on any atom is -0.314 e. The molecule has 2 N–H and O–H groups in total. The van der Waals surface area contributed by atoms with Crippen molar-refractivity contribution in [1.82, 2.24) is 5.32 Å². The average molecular weight is 281 g/mol. The van der Waals surface area contributed by atoms with Gasteiger partial charge < -0.3 is 10.6 Å². The van der Waals surface area contributed by atoms with Crippen LogP contribution in [0.2, 0.25) is 5.02 Å². The summed E-state index contributed by atoms with van der Waals surface area (Å²) in [6, 6.07) is 5.15. The first-order valence-corrected chi connectivity index (χ1v) is 6.59. The molecule has 1 rings (SSSR count). The molecule has 0 aromatic heterocycles. The number of benzene rings is 1. The van der Waals surface area contributed by atoms with Crippen molar-refractivity contribution in [1.29, 1.82) is 0 Å². The Morgan fingerprint density at radius 2 is 1.95 bits per heavy atom. The van der Waals surface area contributed by atoms with Gasteiger partial charge in [0.2, 0.25) is 0 Å². The van der Waals surface area contributed by atoms with Crippen molar-refractivity contribution in [2.75, 3.05) is 5.32 Å². The van der Waals surface area contributed by atoms with Crippen molar-refractivity contribution in [3.05, 3.63) is 40.6 Å². The lowest BCUT2D eigenvalue weighted by molar-refractivity contribution is 0.255. The smallest absolute Gasteiger partial charge is 0.314 e. The van der Waals surface area contributed by atoms with Gasteiger partial charge in [-0.25, -0.2) is 4.79 Å². The molecule has 4 heteroatoms. The van der Waals surface area contributed by atoms with Crippen LogP contribution in [0.1, 0.15) is 33.3 Å². The predicted octanol–water partition coefficient (Wildman–Crippen LogP) is 4.72. The van der Waals surface area contributed by atoms with Crippen molar-refractivity contribution < 1.29 is 4.79 Å². The van der Waals surface area contributed by atoms with Crippen LogP contribution in [-0.4, -0.2) is 6.03 Å². The lowest BCUT2D eigenvalue weighted by Crippen LogP contribution is -2.25. The van der Waals surface area contributed by atoms with Gasteiger partial charge in [-0.15, -0.1) is 0 Å². The average Bonchev–Trinajstić information content (AvgIpc) is 2.29. The summed E-state index contributed by atoms with van der Waals surface area (Å²) in [5.41, 5.74) is 2.80. The number of rotatable bonds is 2. The largest absolute Gasteiger partial charge is 0.323 e. The fourth-order valence-electron chi connectivity index (χ4n) is 1.23. The molecule has 1 aromatic carbocycles. The van der Waals surface area contributed by atoms with Crippen LogP contribution in [0.15, 0.2) is 30.0 Å². The molecule has 0 saturated carbocycles. The summed E-state index contributed by atoms with van der Waals surface area (Å²) in [4.78, 5) is 11.7. The van der Waals surface area contributed by atoms with E-state index in [-0.39, 0.29) is 11.4 Å². The Labute approximate surface area is 120 Å². The van der Waals surface area contributed by atoms with E-state index in [1.165, 1.54) is 0 Å². The highest BCUT2D eigenvalue weighted by Gasteiger charge is 2.12. The van der Waals surface area contributed by atoms with Crippen LogP contribution < -0.4 is 10.6 Å². The van der Waals surface area contributed by atoms with Gasteiger partial charge in [-0.1, -0.05) is 44.0 Å². The monoisotopic (exact) mass is 280 g/mol. The van der Waals surface area contributed by atoms with Gasteiger partial charge in [0.15, 0.2) is 0 Å². The molecule has 0 aliphatic rings. The molecule has 0 radical (unpaired) electrons. The van der Waals surface area contributed by atoms with Crippen molar-refractivity contribution in [2.24, 2.45) is 5.41 Å². The summed E-state index contributed by atoms with van der Waals surface area (Å²) in [5.74, 6) is 0. The van der Waals surface area contributed by atoms with Gasteiger partial charge in [-0.05, 0) is 37.0 Å². The quantitative estimate of drug-likeness (QED) is 0.808. The minimum atomic E-state index is -0.275. The third-order valence-electron chi connectivity index (χ3n) is 3.03. The Morgan fingerprint density at radius 3 is 2.47 bits per heavy atom. The van der Waals surface area contributed by atoms with Gasteiger partial charge in [0.05, 0.1) is 0 Å².